The summed E-state index contributed by atoms with van der Waals surface area (Å²) in [6.45, 7) is 8.62. The van der Waals surface area contributed by atoms with Gasteiger partial charge in [-0.2, -0.15) is 0 Å². The molecule has 0 aliphatic heterocycles. The second-order valence-electron chi connectivity index (χ2n) is 4.88. The molecule has 0 saturated carbocycles. The first-order valence-corrected chi connectivity index (χ1v) is 13.8. The average Bonchev–Trinajstić information content (AvgIpc) is 2.38. The normalized spacial score (nSPS) is 10.1. The van der Waals surface area contributed by atoms with Crippen molar-refractivity contribution >= 4 is 25.7 Å². The van der Waals surface area contributed by atoms with Crippen LogP contribution >= 0.6 is 0 Å². The number of unbranched alkanes of at least 4 members (excludes halogenated alkanes) is 3. The molecule has 0 aromatic carbocycles. The van der Waals surface area contributed by atoms with Crippen molar-refractivity contribution in [1.82, 2.24) is 0 Å². The molecule has 0 heterocycles. The average molecular weight is 375 g/mol. The minimum absolute atomic E-state index is 0.839. The quantitative estimate of drug-likeness (QED) is 0.424. The van der Waals surface area contributed by atoms with Gasteiger partial charge in [0.25, 0.3) is 0 Å². The molecule has 0 spiro atoms. The summed E-state index contributed by atoms with van der Waals surface area (Å²) >= 11 is -0.839. The van der Waals surface area contributed by atoms with Crippen molar-refractivity contribution in [2.75, 3.05) is 0 Å². The summed E-state index contributed by atoms with van der Waals surface area (Å²) in [5.41, 5.74) is 0. The van der Waals surface area contributed by atoms with Crippen molar-refractivity contribution in [1.29, 1.82) is 0 Å². The summed E-state index contributed by atoms with van der Waals surface area (Å²) in [6, 6.07) is 0. The number of aliphatic carboxylic acids is 1. The first kappa shape index (κ1) is 21.3. The fourth-order valence-electron chi connectivity index (χ4n) is 1.79. The Morgan fingerprint density at radius 2 is 1.32 bits per heavy atom. The summed E-state index contributed by atoms with van der Waals surface area (Å²) < 4.78 is 5.04. The van der Waals surface area contributed by atoms with Crippen molar-refractivity contribution in [2.24, 2.45) is 0 Å². The van der Waals surface area contributed by atoms with E-state index in [9.17, 15) is 9.90 Å². The molecule has 0 aliphatic rings. The second kappa shape index (κ2) is 18.0. The zero-order chi connectivity index (χ0) is 14.9. The van der Waals surface area contributed by atoms with E-state index in [1.165, 1.54) is 44.6 Å². The van der Waals surface area contributed by atoms with Crippen LogP contribution in [-0.4, -0.2) is 25.7 Å². The Morgan fingerprint density at radius 3 is 1.47 bits per heavy atom. The van der Waals surface area contributed by atoms with Crippen molar-refractivity contribution < 1.29 is 9.90 Å². The third-order valence-corrected chi connectivity index (χ3v) is 12.0. The fourth-order valence-corrected chi connectivity index (χ4v) is 11.2. The van der Waals surface area contributed by atoms with Crippen molar-refractivity contribution in [3.8, 4) is 0 Å². The number of hydrogen-bond acceptors (Lipinski definition) is 2. The zero-order valence-electron chi connectivity index (χ0n) is 13.3. The summed E-state index contributed by atoms with van der Waals surface area (Å²) in [5.74, 6) is -1.14. The Bertz CT molecular complexity index is 196. The Labute approximate surface area is 127 Å². The van der Waals surface area contributed by atoms with Crippen LogP contribution in [0.4, 0.5) is 0 Å². The molecule has 0 atom stereocenters. The van der Waals surface area contributed by atoms with Crippen LogP contribution in [0.3, 0.4) is 0 Å². The first-order valence-electron chi connectivity index (χ1n) is 7.79. The SMILES string of the molecule is C/C=C/C(=O)[O-].CCC[CH2][Sn+]([CH2]CCC)[CH2]CCC. The van der Waals surface area contributed by atoms with Gasteiger partial charge in [0.15, 0.2) is 0 Å². The van der Waals surface area contributed by atoms with Crippen LogP contribution < -0.4 is 5.11 Å². The van der Waals surface area contributed by atoms with Gasteiger partial charge in [0.05, 0.1) is 5.97 Å². The van der Waals surface area contributed by atoms with Crippen LogP contribution in [0.2, 0.25) is 13.3 Å². The maximum absolute atomic E-state index is 9.40. The van der Waals surface area contributed by atoms with Gasteiger partial charge >= 0.3 is 92.4 Å². The van der Waals surface area contributed by atoms with E-state index in [4.69, 9.17) is 0 Å². The van der Waals surface area contributed by atoms with E-state index in [0.717, 1.165) is 6.08 Å². The molecule has 0 rings (SSSR count). The van der Waals surface area contributed by atoms with Crippen LogP contribution in [0.25, 0.3) is 0 Å². The molecular formula is C16H32O2Sn. The van der Waals surface area contributed by atoms with E-state index in [0.29, 0.717) is 0 Å². The molecular weight excluding hydrogens is 343 g/mol. The Kier molecular flexibility index (Phi) is 20.2. The van der Waals surface area contributed by atoms with Crippen LogP contribution in [0.15, 0.2) is 12.2 Å². The van der Waals surface area contributed by atoms with Gasteiger partial charge in [-0.05, 0) is 13.0 Å². The van der Waals surface area contributed by atoms with Gasteiger partial charge in [0.2, 0.25) is 0 Å². The number of allylic oxidation sites excluding steroid dienone is 1. The molecule has 112 valence electrons. The molecule has 0 radical (unpaired) electrons. The molecule has 0 unspecified atom stereocenters. The van der Waals surface area contributed by atoms with E-state index in [-0.39, 0.29) is 0 Å². The van der Waals surface area contributed by atoms with Gasteiger partial charge in [-0.25, -0.2) is 0 Å². The Hall–Kier alpha value is 0.00870. The molecule has 0 aromatic rings. The van der Waals surface area contributed by atoms with E-state index >= 15 is 0 Å². The van der Waals surface area contributed by atoms with Gasteiger partial charge in [-0.1, -0.05) is 6.08 Å². The van der Waals surface area contributed by atoms with Crippen LogP contribution in [0.5, 0.6) is 0 Å². The minimum atomic E-state index is -1.14. The van der Waals surface area contributed by atoms with E-state index in [1.807, 2.05) is 0 Å². The number of carbonyl (C=O) groups excluding carboxylic acids is 1. The molecule has 2 nitrogen and oxygen atoms in total. The number of carboxylic acids is 1. The molecule has 0 amide bonds. The topological polar surface area (TPSA) is 40.1 Å². The van der Waals surface area contributed by atoms with Gasteiger partial charge in [-0.3, -0.25) is 0 Å². The van der Waals surface area contributed by atoms with E-state index in [2.05, 4.69) is 20.8 Å². The van der Waals surface area contributed by atoms with Crippen LogP contribution in [0.1, 0.15) is 66.2 Å². The second-order valence-corrected chi connectivity index (χ2v) is 13.4. The first-order chi connectivity index (χ1) is 9.12. The van der Waals surface area contributed by atoms with E-state index in [1.54, 1.807) is 20.2 Å². The maximum atomic E-state index is 9.40. The molecule has 0 aromatic heterocycles. The van der Waals surface area contributed by atoms with E-state index < -0.39 is 25.7 Å². The third-order valence-electron chi connectivity index (χ3n) is 2.95. The number of carboxylic acid groups (broad SMARTS) is 1. The summed E-state index contributed by atoms with van der Waals surface area (Å²) in [6.07, 6.45) is 11.2. The Morgan fingerprint density at radius 1 is 0.947 bits per heavy atom. The molecule has 3 heteroatoms. The summed E-state index contributed by atoms with van der Waals surface area (Å²) in [7, 11) is 0. The third kappa shape index (κ3) is 20.5. The van der Waals surface area contributed by atoms with Crippen molar-refractivity contribution in [3.63, 3.8) is 0 Å². The monoisotopic (exact) mass is 376 g/mol. The molecule has 0 fully saturated rings. The van der Waals surface area contributed by atoms with Crippen molar-refractivity contribution in [3.05, 3.63) is 12.2 Å². The fraction of sp³-hybridized carbons (Fsp3) is 0.812. The Balaban J connectivity index is 0. The predicted octanol–water partition coefficient (Wildman–Crippen LogP) is 4.19. The summed E-state index contributed by atoms with van der Waals surface area (Å²) in [5, 5.41) is 9.40. The number of rotatable bonds is 10. The van der Waals surface area contributed by atoms with Crippen molar-refractivity contribution in [2.45, 2.75) is 79.5 Å². The molecule has 0 aliphatic carbocycles. The number of carbonyl (C=O) groups is 1. The van der Waals surface area contributed by atoms with Gasteiger partial charge in [0.1, 0.15) is 0 Å². The van der Waals surface area contributed by atoms with Gasteiger partial charge in [-0.15, -0.1) is 0 Å². The molecule has 19 heavy (non-hydrogen) atoms. The molecule has 0 saturated heterocycles. The molecule has 0 N–H and O–H groups in total. The molecule has 0 bridgehead atoms. The standard InChI is InChI=1S/C4H6O2.3C4H9.Sn/c1-2-3-4(5)6;3*1-3-4-2;/h2-3H,1H3,(H,5,6);3*1,3-4H2,2H3;/q;;;;+1/p-1/b3-2+;;;;. The predicted molar refractivity (Wildman–Crippen MR) is 84.7 cm³/mol. The zero-order valence-corrected chi connectivity index (χ0v) is 16.2. The van der Waals surface area contributed by atoms with Crippen LogP contribution in [0, 0.1) is 0 Å². The van der Waals surface area contributed by atoms with Gasteiger partial charge in [0, 0.05) is 0 Å². The van der Waals surface area contributed by atoms with Gasteiger partial charge < -0.3 is 9.90 Å². The van der Waals surface area contributed by atoms with Crippen LogP contribution in [-0.2, 0) is 4.79 Å². The number of hydrogen-bond donors (Lipinski definition) is 0. The summed E-state index contributed by atoms with van der Waals surface area (Å²) in [4.78, 5) is 9.40.